The quantitative estimate of drug-likeness (QED) is 0.806. The van der Waals surface area contributed by atoms with Crippen molar-refractivity contribution in [2.45, 2.75) is 44.1 Å². The van der Waals surface area contributed by atoms with Crippen molar-refractivity contribution in [3.63, 3.8) is 0 Å². The molecule has 1 heterocycles. The molecule has 1 aliphatic rings. The molecule has 19 heavy (non-hydrogen) atoms. The summed E-state index contributed by atoms with van der Waals surface area (Å²) in [6.45, 7) is 0. The van der Waals surface area contributed by atoms with Gasteiger partial charge < -0.3 is 10.4 Å². The first-order chi connectivity index (χ1) is 9.18. The summed E-state index contributed by atoms with van der Waals surface area (Å²) in [4.78, 5) is 19.6. The van der Waals surface area contributed by atoms with Gasteiger partial charge in [0.15, 0.2) is 11.5 Å². The number of hydrogen-bond acceptors (Lipinski definition) is 5. The van der Waals surface area contributed by atoms with Crippen molar-refractivity contribution in [3.8, 4) is 6.07 Å². The molecule has 0 aromatic carbocycles. The molecule has 1 aliphatic carbocycles. The van der Waals surface area contributed by atoms with Crippen molar-refractivity contribution in [3.05, 3.63) is 18.1 Å². The maximum atomic E-state index is 11.6. The molecule has 6 heteroatoms. The Balaban J connectivity index is 2.30. The monoisotopic (exact) mass is 260 g/mol. The minimum Gasteiger partial charge on any atom is -0.480 e. The molecule has 0 unspecified atom stereocenters. The topological polar surface area (TPSA) is 98.9 Å². The standard InChI is InChI=1S/C13H16N4O2/c14-9-10-11(16-8-7-15-10)17-13(12(18)19)5-3-1-2-4-6-13/h7-8H,1-6H2,(H,16,17)(H,18,19). The second-order valence-corrected chi connectivity index (χ2v) is 4.79. The average molecular weight is 260 g/mol. The second kappa shape index (κ2) is 5.65. The number of carbonyl (C=O) groups is 1. The Morgan fingerprint density at radius 2 is 1.89 bits per heavy atom. The Labute approximate surface area is 111 Å². The maximum Gasteiger partial charge on any atom is 0.329 e. The van der Waals surface area contributed by atoms with E-state index in [1.807, 2.05) is 6.07 Å². The molecule has 0 atom stereocenters. The van der Waals surface area contributed by atoms with Crippen LogP contribution in [0.5, 0.6) is 0 Å². The van der Waals surface area contributed by atoms with Crippen LogP contribution < -0.4 is 5.32 Å². The Morgan fingerprint density at radius 1 is 1.26 bits per heavy atom. The molecule has 1 aromatic rings. The van der Waals surface area contributed by atoms with E-state index in [2.05, 4.69) is 15.3 Å². The van der Waals surface area contributed by atoms with Crippen molar-refractivity contribution in [2.24, 2.45) is 0 Å². The van der Waals surface area contributed by atoms with Crippen LogP contribution in [0.4, 0.5) is 5.82 Å². The van der Waals surface area contributed by atoms with Gasteiger partial charge in [0.2, 0.25) is 0 Å². The summed E-state index contributed by atoms with van der Waals surface area (Å²) in [5.74, 6) is -0.627. The molecule has 0 aliphatic heterocycles. The Hall–Kier alpha value is -2.16. The Kier molecular flexibility index (Phi) is 3.95. The van der Waals surface area contributed by atoms with Crippen molar-refractivity contribution < 1.29 is 9.90 Å². The Morgan fingerprint density at radius 3 is 2.47 bits per heavy atom. The largest absolute Gasteiger partial charge is 0.480 e. The van der Waals surface area contributed by atoms with E-state index in [9.17, 15) is 9.90 Å². The minimum atomic E-state index is -1.03. The highest BCUT2D eigenvalue weighted by molar-refractivity contribution is 5.82. The summed E-state index contributed by atoms with van der Waals surface area (Å²) < 4.78 is 0. The van der Waals surface area contributed by atoms with Crippen LogP contribution in [-0.2, 0) is 4.79 Å². The van der Waals surface area contributed by atoms with Crippen LogP contribution in [0.3, 0.4) is 0 Å². The van der Waals surface area contributed by atoms with Gasteiger partial charge in [0.1, 0.15) is 11.6 Å². The smallest absolute Gasteiger partial charge is 0.329 e. The van der Waals surface area contributed by atoms with Gasteiger partial charge in [-0.3, -0.25) is 0 Å². The van der Waals surface area contributed by atoms with E-state index in [1.165, 1.54) is 12.4 Å². The molecule has 6 nitrogen and oxygen atoms in total. The zero-order chi connectivity index (χ0) is 13.7. The van der Waals surface area contributed by atoms with Crippen molar-refractivity contribution in [1.29, 1.82) is 5.26 Å². The molecule has 0 radical (unpaired) electrons. The van der Waals surface area contributed by atoms with Crippen LogP contribution in [0.1, 0.15) is 44.2 Å². The number of aliphatic carboxylic acids is 1. The number of carboxylic acid groups (broad SMARTS) is 1. The molecular weight excluding hydrogens is 244 g/mol. The first-order valence-electron chi connectivity index (χ1n) is 6.41. The second-order valence-electron chi connectivity index (χ2n) is 4.79. The number of nitriles is 1. The summed E-state index contributed by atoms with van der Waals surface area (Å²) in [5.41, 5.74) is -0.898. The molecular formula is C13H16N4O2. The van der Waals surface area contributed by atoms with Crippen LogP contribution in [0.15, 0.2) is 12.4 Å². The zero-order valence-electron chi connectivity index (χ0n) is 10.6. The maximum absolute atomic E-state index is 11.6. The highest BCUT2D eigenvalue weighted by atomic mass is 16.4. The number of anilines is 1. The molecule has 2 rings (SSSR count). The van der Waals surface area contributed by atoms with Crippen molar-refractivity contribution in [2.75, 3.05) is 5.32 Å². The molecule has 0 spiro atoms. The third-order valence-electron chi connectivity index (χ3n) is 3.53. The highest BCUT2D eigenvalue weighted by Crippen LogP contribution is 2.31. The normalized spacial score (nSPS) is 18.1. The van der Waals surface area contributed by atoms with Gasteiger partial charge in [0, 0.05) is 12.4 Å². The van der Waals surface area contributed by atoms with Crippen LogP contribution in [0, 0.1) is 11.3 Å². The van der Waals surface area contributed by atoms with E-state index in [0.717, 1.165) is 25.7 Å². The van der Waals surface area contributed by atoms with Gasteiger partial charge in [-0.15, -0.1) is 0 Å². The fraction of sp³-hybridized carbons (Fsp3) is 0.538. The molecule has 0 saturated heterocycles. The zero-order valence-corrected chi connectivity index (χ0v) is 10.6. The van der Waals surface area contributed by atoms with Gasteiger partial charge in [-0.25, -0.2) is 14.8 Å². The fourth-order valence-electron chi connectivity index (χ4n) is 2.46. The molecule has 1 aromatic heterocycles. The lowest BCUT2D eigenvalue weighted by molar-refractivity contribution is -0.142. The molecule has 1 saturated carbocycles. The van der Waals surface area contributed by atoms with E-state index in [4.69, 9.17) is 5.26 Å². The molecule has 2 N–H and O–H groups in total. The third kappa shape index (κ3) is 2.81. The lowest BCUT2D eigenvalue weighted by Crippen LogP contribution is -2.46. The van der Waals surface area contributed by atoms with E-state index >= 15 is 0 Å². The molecule has 0 amide bonds. The van der Waals surface area contributed by atoms with Gasteiger partial charge >= 0.3 is 5.97 Å². The van der Waals surface area contributed by atoms with Crippen molar-refractivity contribution >= 4 is 11.8 Å². The Bertz CT molecular complexity index is 502. The first kappa shape index (κ1) is 13.3. The molecule has 1 fully saturated rings. The van der Waals surface area contributed by atoms with E-state index < -0.39 is 11.5 Å². The average Bonchev–Trinajstić information content (AvgIpc) is 2.66. The van der Waals surface area contributed by atoms with Gasteiger partial charge in [0.05, 0.1) is 0 Å². The van der Waals surface area contributed by atoms with Crippen LogP contribution in [-0.4, -0.2) is 26.6 Å². The van der Waals surface area contributed by atoms with Gasteiger partial charge in [0.25, 0.3) is 0 Å². The van der Waals surface area contributed by atoms with Gasteiger partial charge in [-0.1, -0.05) is 25.7 Å². The molecule has 0 bridgehead atoms. The van der Waals surface area contributed by atoms with E-state index in [1.54, 1.807) is 0 Å². The summed E-state index contributed by atoms with van der Waals surface area (Å²) in [5, 5.41) is 21.5. The van der Waals surface area contributed by atoms with Crippen LogP contribution >= 0.6 is 0 Å². The SMILES string of the molecule is N#Cc1nccnc1NC1(C(=O)O)CCCCCC1. The fourth-order valence-corrected chi connectivity index (χ4v) is 2.46. The van der Waals surface area contributed by atoms with E-state index in [-0.39, 0.29) is 11.5 Å². The first-order valence-corrected chi connectivity index (χ1v) is 6.41. The van der Waals surface area contributed by atoms with E-state index in [0.29, 0.717) is 12.8 Å². The molecule has 100 valence electrons. The summed E-state index contributed by atoms with van der Waals surface area (Å²) in [6, 6.07) is 1.93. The highest BCUT2D eigenvalue weighted by Gasteiger charge is 2.39. The number of nitrogens with zero attached hydrogens (tertiary/aromatic N) is 3. The number of hydrogen-bond donors (Lipinski definition) is 2. The predicted octanol–water partition coefficient (Wildman–Crippen LogP) is 1.94. The third-order valence-corrected chi connectivity index (χ3v) is 3.53. The van der Waals surface area contributed by atoms with Crippen LogP contribution in [0.25, 0.3) is 0 Å². The number of nitrogens with one attached hydrogen (secondary N) is 1. The van der Waals surface area contributed by atoms with Crippen molar-refractivity contribution in [1.82, 2.24) is 9.97 Å². The van der Waals surface area contributed by atoms with Crippen LogP contribution in [0.2, 0.25) is 0 Å². The van der Waals surface area contributed by atoms with Gasteiger partial charge in [-0.05, 0) is 12.8 Å². The summed E-state index contributed by atoms with van der Waals surface area (Å²) >= 11 is 0. The number of aromatic nitrogens is 2. The summed E-state index contributed by atoms with van der Waals surface area (Å²) in [7, 11) is 0. The minimum absolute atomic E-state index is 0.132. The van der Waals surface area contributed by atoms with Gasteiger partial charge in [-0.2, -0.15) is 5.26 Å². The summed E-state index contributed by atoms with van der Waals surface area (Å²) in [6.07, 6.45) is 7.78. The number of carboxylic acids is 1. The lowest BCUT2D eigenvalue weighted by atomic mass is 9.90. The number of rotatable bonds is 3. The predicted molar refractivity (Wildman–Crippen MR) is 68.4 cm³/mol. The lowest BCUT2D eigenvalue weighted by Gasteiger charge is -2.29.